The zero-order valence-electron chi connectivity index (χ0n) is 13.8. The van der Waals surface area contributed by atoms with Crippen molar-refractivity contribution in [1.82, 2.24) is 4.90 Å². The van der Waals surface area contributed by atoms with Crippen LogP contribution in [0.5, 0.6) is 0 Å². The van der Waals surface area contributed by atoms with Crippen LogP contribution in [0.3, 0.4) is 0 Å². The smallest absolute Gasteiger partial charge is 0.337 e. The monoisotopic (exact) mass is 289 g/mol. The third-order valence-corrected chi connectivity index (χ3v) is 7.08. The van der Waals surface area contributed by atoms with Gasteiger partial charge in [-0.2, -0.15) is 0 Å². The normalized spacial score (nSPS) is 12.3. The highest BCUT2D eigenvalue weighted by atomic mass is 28.4. The van der Waals surface area contributed by atoms with Crippen LogP contribution in [0.25, 0.3) is 0 Å². The van der Waals surface area contributed by atoms with Crippen LogP contribution in [0.4, 0.5) is 0 Å². The lowest BCUT2D eigenvalue weighted by molar-refractivity contribution is 0.162. The summed E-state index contributed by atoms with van der Waals surface area (Å²) in [6.45, 7) is 9.54. The second kappa shape index (κ2) is 11.9. The molecule has 116 valence electrons. The molecule has 0 aromatic carbocycles. The van der Waals surface area contributed by atoms with Gasteiger partial charge in [-0.3, -0.25) is 0 Å². The SMILES string of the molecule is CCCCO[Si](CC)(CCCN(C)C)OCCCC. The molecule has 19 heavy (non-hydrogen) atoms. The Labute approximate surface area is 121 Å². The molecule has 0 fully saturated rings. The van der Waals surface area contributed by atoms with Crippen LogP contribution in [-0.4, -0.2) is 47.3 Å². The Morgan fingerprint density at radius 3 is 1.74 bits per heavy atom. The van der Waals surface area contributed by atoms with Gasteiger partial charge in [0.2, 0.25) is 0 Å². The molecule has 0 heterocycles. The number of hydrogen-bond acceptors (Lipinski definition) is 3. The predicted molar refractivity (Wildman–Crippen MR) is 85.9 cm³/mol. The summed E-state index contributed by atoms with van der Waals surface area (Å²) in [5.41, 5.74) is 0. The molecule has 0 unspecified atom stereocenters. The Balaban J connectivity index is 4.28. The maximum atomic E-state index is 6.25. The average Bonchev–Trinajstić information content (AvgIpc) is 2.38. The Morgan fingerprint density at radius 1 is 0.842 bits per heavy atom. The molecule has 0 aromatic heterocycles. The van der Waals surface area contributed by atoms with Gasteiger partial charge in [0.05, 0.1) is 0 Å². The van der Waals surface area contributed by atoms with E-state index < -0.39 is 8.56 Å². The molecule has 0 aliphatic rings. The Bertz CT molecular complexity index is 191. The molecule has 0 saturated carbocycles. The fraction of sp³-hybridized carbons (Fsp3) is 1.00. The molecular formula is C15H35NO2Si. The Morgan fingerprint density at radius 2 is 1.37 bits per heavy atom. The van der Waals surface area contributed by atoms with Crippen LogP contribution in [-0.2, 0) is 8.85 Å². The maximum Gasteiger partial charge on any atom is 0.337 e. The number of hydrogen-bond donors (Lipinski definition) is 0. The van der Waals surface area contributed by atoms with E-state index in [4.69, 9.17) is 8.85 Å². The zero-order valence-corrected chi connectivity index (χ0v) is 14.8. The quantitative estimate of drug-likeness (QED) is 0.377. The van der Waals surface area contributed by atoms with Crippen LogP contribution in [0.15, 0.2) is 0 Å². The minimum Gasteiger partial charge on any atom is -0.394 e. The van der Waals surface area contributed by atoms with Crippen LogP contribution >= 0.6 is 0 Å². The second-order valence-corrected chi connectivity index (χ2v) is 9.18. The molecule has 0 spiro atoms. The lowest BCUT2D eigenvalue weighted by atomic mass is 10.4. The van der Waals surface area contributed by atoms with E-state index in [-0.39, 0.29) is 0 Å². The maximum absolute atomic E-state index is 6.25. The van der Waals surface area contributed by atoms with Gasteiger partial charge in [-0.25, -0.2) is 0 Å². The summed E-state index contributed by atoms with van der Waals surface area (Å²) in [7, 11) is 2.32. The standard InChI is InChI=1S/C15H35NO2Si/c1-6-9-13-17-19(8-3,18-14-10-7-2)15-11-12-16(4)5/h6-15H2,1-5H3. The van der Waals surface area contributed by atoms with Crippen molar-refractivity contribution in [3.63, 3.8) is 0 Å². The van der Waals surface area contributed by atoms with E-state index in [1.54, 1.807) is 0 Å². The number of rotatable bonds is 13. The van der Waals surface area contributed by atoms with Gasteiger partial charge in [0, 0.05) is 13.2 Å². The molecule has 0 bridgehead atoms. The molecule has 0 aliphatic carbocycles. The highest BCUT2D eigenvalue weighted by Crippen LogP contribution is 2.22. The highest BCUT2D eigenvalue weighted by molar-refractivity contribution is 6.67. The fourth-order valence-electron chi connectivity index (χ4n) is 2.04. The lowest BCUT2D eigenvalue weighted by Crippen LogP contribution is -2.42. The van der Waals surface area contributed by atoms with Gasteiger partial charge in [-0.15, -0.1) is 0 Å². The summed E-state index contributed by atoms with van der Waals surface area (Å²) in [4.78, 5) is 2.24. The van der Waals surface area contributed by atoms with Gasteiger partial charge in [0.15, 0.2) is 0 Å². The van der Waals surface area contributed by atoms with E-state index in [1.165, 1.54) is 19.3 Å². The van der Waals surface area contributed by atoms with Crippen LogP contribution in [0, 0.1) is 0 Å². The zero-order chi connectivity index (χ0) is 14.6. The molecule has 3 nitrogen and oxygen atoms in total. The summed E-state index contributed by atoms with van der Waals surface area (Å²) in [5, 5.41) is 0. The summed E-state index contributed by atoms with van der Waals surface area (Å²) in [6, 6.07) is 2.21. The summed E-state index contributed by atoms with van der Waals surface area (Å²) in [5.74, 6) is 0. The van der Waals surface area contributed by atoms with Crippen LogP contribution < -0.4 is 0 Å². The first-order valence-electron chi connectivity index (χ1n) is 8.02. The Hall–Kier alpha value is 0.0969. The van der Waals surface area contributed by atoms with Gasteiger partial charge in [0.1, 0.15) is 0 Å². The van der Waals surface area contributed by atoms with Crippen molar-refractivity contribution in [2.24, 2.45) is 0 Å². The molecule has 0 atom stereocenters. The first-order valence-corrected chi connectivity index (χ1v) is 10.3. The van der Waals surface area contributed by atoms with Gasteiger partial charge in [-0.05, 0) is 52.0 Å². The van der Waals surface area contributed by atoms with Gasteiger partial charge in [-0.1, -0.05) is 33.6 Å². The van der Waals surface area contributed by atoms with Crippen molar-refractivity contribution < 1.29 is 8.85 Å². The molecule has 4 heteroatoms. The molecule has 0 aliphatic heterocycles. The first kappa shape index (κ1) is 19.1. The molecule has 0 rings (SSSR count). The van der Waals surface area contributed by atoms with Crippen LogP contribution in [0.2, 0.25) is 12.1 Å². The minimum absolute atomic E-state index is 0.880. The van der Waals surface area contributed by atoms with E-state index in [2.05, 4.69) is 39.8 Å². The lowest BCUT2D eigenvalue weighted by Gasteiger charge is -2.30. The largest absolute Gasteiger partial charge is 0.394 e. The second-order valence-electron chi connectivity index (χ2n) is 5.58. The molecule has 0 radical (unpaired) electrons. The minimum atomic E-state index is -1.94. The van der Waals surface area contributed by atoms with E-state index in [0.29, 0.717) is 0 Å². The number of unbranched alkanes of at least 4 members (excludes halogenated alkanes) is 2. The topological polar surface area (TPSA) is 21.7 Å². The predicted octanol–water partition coefficient (Wildman–Crippen LogP) is 4.03. The van der Waals surface area contributed by atoms with Crippen molar-refractivity contribution in [2.45, 2.75) is 65.0 Å². The summed E-state index contributed by atoms with van der Waals surface area (Å²) in [6.07, 6.45) is 5.88. The highest BCUT2D eigenvalue weighted by Gasteiger charge is 2.34. The summed E-state index contributed by atoms with van der Waals surface area (Å²) < 4.78 is 12.5. The third-order valence-electron chi connectivity index (χ3n) is 3.43. The van der Waals surface area contributed by atoms with Crippen molar-refractivity contribution in [3.8, 4) is 0 Å². The molecule has 0 N–H and O–H groups in total. The third kappa shape index (κ3) is 9.60. The van der Waals surface area contributed by atoms with Gasteiger partial charge < -0.3 is 13.8 Å². The van der Waals surface area contributed by atoms with Crippen molar-refractivity contribution in [1.29, 1.82) is 0 Å². The molecule has 0 saturated heterocycles. The molecule has 0 aromatic rings. The summed E-state index contributed by atoms with van der Waals surface area (Å²) >= 11 is 0. The Kier molecular flexibility index (Phi) is 11.9. The van der Waals surface area contributed by atoms with E-state index in [1.807, 2.05) is 0 Å². The van der Waals surface area contributed by atoms with E-state index >= 15 is 0 Å². The fourth-order valence-corrected chi connectivity index (χ4v) is 4.90. The average molecular weight is 290 g/mol. The van der Waals surface area contributed by atoms with Gasteiger partial charge >= 0.3 is 8.56 Å². The molecule has 0 amide bonds. The van der Waals surface area contributed by atoms with Crippen LogP contribution in [0.1, 0.15) is 52.9 Å². The van der Waals surface area contributed by atoms with E-state index in [0.717, 1.165) is 44.7 Å². The van der Waals surface area contributed by atoms with Crippen molar-refractivity contribution >= 4 is 8.56 Å². The van der Waals surface area contributed by atoms with E-state index in [9.17, 15) is 0 Å². The number of nitrogens with zero attached hydrogens (tertiary/aromatic N) is 1. The first-order chi connectivity index (χ1) is 9.10. The van der Waals surface area contributed by atoms with Gasteiger partial charge in [0.25, 0.3) is 0 Å². The van der Waals surface area contributed by atoms with Crippen molar-refractivity contribution in [3.05, 3.63) is 0 Å². The van der Waals surface area contributed by atoms with Crippen molar-refractivity contribution in [2.75, 3.05) is 33.9 Å². The molecular weight excluding hydrogens is 254 g/mol.